The molecule has 0 spiro atoms. The lowest BCUT2D eigenvalue weighted by molar-refractivity contribution is 0.394. The Kier molecular flexibility index (Phi) is 7.36. The molecule has 2 N–H and O–H groups in total. The molecule has 0 aliphatic carbocycles. The van der Waals surface area contributed by atoms with Gasteiger partial charge in [0.15, 0.2) is 5.96 Å². The van der Waals surface area contributed by atoms with Gasteiger partial charge in [-0.1, -0.05) is 0 Å². The normalized spacial score (nSPS) is 17.8. The predicted octanol–water partition coefficient (Wildman–Crippen LogP) is 1.81. The van der Waals surface area contributed by atoms with Crippen LogP contribution in [0.4, 0.5) is 5.69 Å². The highest BCUT2D eigenvalue weighted by Gasteiger charge is 2.24. The van der Waals surface area contributed by atoms with Crippen LogP contribution >= 0.6 is 11.8 Å². The van der Waals surface area contributed by atoms with E-state index in [2.05, 4.69) is 38.9 Å². The van der Waals surface area contributed by atoms with Gasteiger partial charge in [0.1, 0.15) is 11.5 Å². The minimum absolute atomic E-state index is 0.377. The third-order valence-electron chi connectivity index (χ3n) is 4.05. The van der Waals surface area contributed by atoms with Gasteiger partial charge in [-0.3, -0.25) is 4.99 Å². The molecule has 1 aliphatic heterocycles. The van der Waals surface area contributed by atoms with Gasteiger partial charge in [0.05, 0.1) is 14.2 Å². The number of thioether (sulfide) groups is 1. The zero-order valence-corrected chi connectivity index (χ0v) is 15.8. The fourth-order valence-corrected chi connectivity index (χ4v) is 3.05. The number of nitrogens with zero attached hydrogens (tertiary/aromatic N) is 2. The Morgan fingerprint density at radius 3 is 2.58 bits per heavy atom. The van der Waals surface area contributed by atoms with Crippen molar-refractivity contribution in [1.29, 1.82) is 0 Å². The highest BCUT2D eigenvalue weighted by molar-refractivity contribution is 7.98. The van der Waals surface area contributed by atoms with Crippen LogP contribution in [0.1, 0.15) is 6.42 Å². The molecule has 134 valence electrons. The number of anilines is 1. The van der Waals surface area contributed by atoms with E-state index in [1.807, 2.05) is 24.9 Å². The lowest BCUT2D eigenvalue weighted by Gasteiger charge is -2.21. The van der Waals surface area contributed by atoms with Gasteiger partial charge in [-0.2, -0.15) is 11.8 Å². The van der Waals surface area contributed by atoms with Crippen LogP contribution in [0.15, 0.2) is 23.2 Å². The number of hydrogen-bond acceptors (Lipinski definition) is 5. The standard InChI is InChI=1S/C17H28N4O2S/c1-18-17(19-6-8-24-4)20-13-5-7-21(12-13)14-9-15(22-2)11-16(10-14)23-3/h9-11,13H,5-8,12H2,1-4H3,(H2,18,19,20). The number of benzene rings is 1. The average molecular weight is 353 g/mol. The Balaban J connectivity index is 1.95. The molecular formula is C17H28N4O2S. The number of nitrogens with one attached hydrogen (secondary N) is 2. The maximum atomic E-state index is 5.37. The second-order valence-electron chi connectivity index (χ2n) is 5.64. The van der Waals surface area contributed by atoms with Gasteiger partial charge >= 0.3 is 0 Å². The van der Waals surface area contributed by atoms with Gasteiger partial charge < -0.3 is 25.0 Å². The molecular weight excluding hydrogens is 324 g/mol. The molecule has 0 radical (unpaired) electrons. The molecule has 1 aliphatic rings. The van der Waals surface area contributed by atoms with Crippen LogP contribution in [0.3, 0.4) is 0 Å². The molecule has 6 nitrogen and oxygen atoms in total. The summed E-state index contributed by atoms with van der Waals surface area (Å²) in [5.41, 5.74) is 1.13. The van der Waals surface area contributed by atoms with Crippen LogP contribution in [-0.2, 0) is 0 Å². The lowest BCUT2D eigenvalue weighted by atomic mass is 10.2. The Morgan fingerprint density at radius 2 is 2.00 bits per heavy atom. The number of guanidine groups is 1. The maximum Gasteiger partial charge on any atom is 0.191 e. The highest BCUT2D eigenvalue weighted by atomic mass is 32.2. The van der Waals surface area contributed by atoms with E-state index in [4.69, 9.17) is 9.47 Å². The van der Waals surface area contributed by atoms with E-state index >= 15 is 0 Å². The van der Waals surface area contributed by atoms with E-state index in [9.17, 15) is 0 Å². The minimum Gasteiger partial charge on any atom is -0.497 e. The lowest BCUT2D eigenvalue weighted by Crippen LogP contribution is -2.45. The molecule has 24 heavy (non-hydrogen) atoms. The Labute approximate surface area is 149 Å². The van der Waals surface area contributed by atoms with E-state index < -0.39 is 0 Å². The molecule has 0 amide bonds. The van der Waals surface area contributed by atoms with Crippen molar-refractivity contribution >= 4 is 23.4 Å². The van der Waals surface area contributed by atoms with Crippen molar-refractivity contribution in [3.63, 3.8) is 0 Å². The summed E-state index contributed by atoms with van der Waals surface area (Å²) in [6.07, 6.45) is 3.18. The summed E-state index contributed by atoms with van der Waals surface area (Å²) in [6.45, 7) is 2.85. The molecule has 1 unspecified atom stereocenters. The fraction of sp³-hybridized carbons (Fsp3) is 0.588. The molecule has 0 saturated carbocycles. The molecule has 1 heterocycles. The largest absolute Gasteiger partial charge is 0.497 e. The van der Waals surface area contributed by atoms with Gasteiger partial charge in [0.25, 0.3) is 0 Å². The van der Waals surface area contributed by atoms with Gasteiger partial charge in [-0.25, -0.2) is 0 Å². The van der Waals surface area contributed by atoms with Gasteiger partial charge in [-0.05, 0) is 12.7 Å². The third kappa shape index (κ3) is 5.12. The SMILES string of the molecule is CN=C(NCCSC)NC1CCN(c2cc(OC)cc(OC)c2)C1. The van der Waals surface area contributed by atoms with Crippen molar-refractivity contribution < 1.29 is 9.47 Å². The molecule has 1 saturated heterocycles. The highest BCUT2D eigenvalue weighted by Crippen LogP contribution is 2.30. The summed E-state index contributed by atoms with van der Waals surface area (Å²) in [5.74, 6) is 3.57. The van der Waals surface area contributed by atoms with Crippen LogP contribution in [0, 0.1) is 0 Å². The molecule has 7 heteroatoms. The Morgan fingerprint density at radius 1 is 1.29 bits per heavy atom. The smallest absolute Gasteiger partial charge is 0.191 e. The number of hydrogen-bond donors (Lipinski definition) is 2. The second kappa shape index (κ2) is 9.52. The molecule has 1 fully saturated rings. The van der Waals surface area contributed by atoms with E-state index in [0.29, 0.717) is 6.04 Å². The summed E-state index contributed by atoms with van der Waals surface area (Å²) in [6, 6.07) is 6.38. The first-order valence-corrected chi connectivity index (χ1v) is 9.53. The van der Waals surface area contributed by atoms with Crippen LogP contribution in [0.25, 0.3) is 0 Å². The van der Waals surface area contributed by atoms with E-state index in [0.717, 1.165) is 55.0 Å². The monoisotopic (exact) mass is 352 g/mol. The Bertz CT molecular complexity index is 531. The van der Waals surface area contributed by atoms with Crippen molar-refractivity contribution in [2.75, 3.05) is 57.8 Å². The quantitative estimate of drug-likeness (QED) is 0.443. The van der Waals surface area contributed by atoms with Gasteiger partial charge in [-0.15, -0.1) is 0 Å². The van der Waals surface area contributed by atoms with E-state index in [1.54, 1.807) is 14.2 Å². The van der Waals surface area contributed by atoms with E-state index in [-0.39, 0.29) is 0 Å². The molecule has 0 aromatic heterocycles. The number of ether oxygens (including phenoxy) is 2. The van der Waals surface area contributed by atoms with Crippen LogP contribution < -0.4 is 25.0 Å². The zero-order valence-electron chi connectivity index (χ0n) is 15.0. The number of methoxy groups -OCH3 is 2. The van der Waals surface area contributed by atoms with Crippen LogP contribution in [0.5, 0.6) is 11.5 Å². The van der Waals surface area contributed by atoms with Crippen molar-refractivity contribution in [2.24, 2.45) is 4.99 Å². The summed E-state index contributed by atoms with van der Waals surface area (Å²) in [7, 11) is 5.17. The van der Waals surface area contributed by atoms with Crippen molar-refractivity contribution in [3.05, 3.63) is 18.2 Å². The van der Waals surface area contributed by atoms with Crippen molar-refractivity contribution in [1.82, 2.24) is 10.6 Å². The first kappa shape index (κ1) is 18.6. The first-order valence-electron chi connectivity index (χ1n) is 8.14. The topological polar surface area (TPSA) is 58.1 Å². The van der Waals surface area contributed by atoms with E-state index in [1.165, 1.54) is 0 Å². The maximum absolute atomic E-state index is 5.37. The zero-order chi connectivity index (χ0) is 17.4. The predicted molar refractivity (Wildman–Crippen MR) is 103 cm³/mol. The fourth-order valence-electron chi connectivity index (χ4n) is 2.75. The molecule has 0 bridgehead atoms. The van der Waals surface area contributed by atoms with Gasteiger partial charge in [0.2, 0.25) is 0 Å². The summed E-state index contributed by atoms with van der Waals surface area (Å²) < 4.78 is 10.7. The van der Waals surface area contributed by atoms with Gasteiger partial charge in [0, 0.05) is 62.4 Å². The first-order chi connectivity index (χ1) is 11.7. The summed E-state index contributed by atoms with van der Waals surface area (Å²) >= 11 is 1.82. The Hall–Kier alpha value is -1.76. The van der Waals surface area contributed by atoms with Crippen molar-refractivity contribution in [3.8, 4) is 11.5 Å². The number of rotatable bonds is 7. The summed E-state index contributed by atoms with van der Waals surface area (Å²) in [5, 5.41) is 6.85. The molecule has 1 aromatic carbocycles. The minimum atomic E-state index is 0.377. The molecule has 1 atom stereocenters. The average Bonchev–Trinajstić information content (AvgIpc) is 3.09. The van der Waals surface area contributed by atoms with Crippen molar-refractivity contribution in [2.45, 2.75) is 12.5 Å². The third-order valence-corrected chi connectivity index (χ3v) is 4.67. The summed E-state index contributed by atoms with van der Waals surface area (Å²) in [4.78, 5) is 6.65. The number of aliphatic imine (C=N–C) groups is 1. The molecule has 2 rings (SSSR count). The molecule has 1 aromatic rings. The van der Waals surface area contributed by atoms with Crippen LogP contribution in [-0.4, -0.2) is 64.9 Å². The second-order valence-corrected chi connectivity index (χ2v) is 6.62. The van der Waals surface area contributed by atoms with Crippen LogP contribution in [0.2, 0.25) is 0 Å².